The number of benzene rings is 1. The Bertz CT molecular complexity index is 777. The second-order valence-electron chi connectivity index (χ2n) is 9.50. The summed E-state index contributed by atoms with van der Waals surface area (Å²) in [6.45, 7) is 12.0. The molecule has 0 aliphatic carbocycles. The molecule has 1 atom stereocenters. The van der Waals surface area contributed by atoms with E-state index in [0.29, 0.717) is 19.5 Å². The molecule has 0 aromatic heterocycles. The van der Waals surface area contributed by atoms with Crippen LogP contribution < -0.4 is 10.2 Å². The Kier molecular flexibility index (Phi) is 7.64. The molecule has 7 nitrogen and oxygen atoms in total. The molecule has 1 fully saturated rings. The van der Waals surface area contributed by atoms with Crippen LogP contribution in [0.15, 0.2) is 24.3 Å². The van der Waals surface area contributed by atoms with Gasteiger partial charge in [0.15, 0.2) is 0 Å². The van der Waals surface area contributed by atoms with Crippen molar-refractivity contribution < 1.29 is 23.9 Å². The van der Waals surface area contributed by atoms with E-state index in [-0.39, 0.29) is 24.7 Å². The normalized spacial score (nSPS) is 17.6. The van der Waals surface area contributed by atoms with Crippen molar-refractivity contribution in [3.63, 3.8) is 0 Å². The third kappa shape index (κ3) is 7.44. The Balaban J connectivity index is 2.08. The lowest BCUT2D eigenvalue weighted by molar-refractivity contribution is -0.156. The molecule has 1 unspecified atom stereocenters. The fraction of sp³-hybridized carbons (Fsp3) is 0.609. The zero-order chi connectivity index (χ0) is 22.5. The highest BCUT2D eigenvalue weighted by molar-refractivity contribution is 6.00. The highest BCUT2D eigenvalue weighted by Crippen LogP contribution is 2.25. The van der Waals surface area contributed by atoms with Gasteiger partial charge >= 0.3 is 11.9 Å². The third-order valence-corrected chi connectivity index (χ3v) is 4.38. The molecule has 0 saturated carbocycles. The zero-order valence-corrected chi connectivity index (χ0v) is 18.9. The van der Waals surface area contributed by atoms with E-state index in [1.807, 2.05) is 45.0 Å². The number of amides is 1. The third-order valence-electron chi connectivity index (χ3n) is 4.38. The molecular formula is C23H34N2O5. The summed E-state index contributed by atoms with van der Waals surface area (Å²) in [5.74, 6) is -0.850. The quantitative estimate of drug-likeness (QED) is 0.715. The minimum Gasteiger partial charge on any atom is -0.460 e. The molecular weight excluding hydrogens is 384 g/mol. The summed E-state index contributed by atoms with van der Waals surface area (Å²) in [5, 5.41) is 3.11. The van der Waals surface area contributed by atoms with Crippen LogP contribution in [-0.2, 0) is 30.3 Å². The maximum atomic E-state index is 13.1. The number of aryl methyl sites for hydroxylation is 1. The van der Waals surface area contributed by atoms with Crippen molar-refractivity contribution in [3.8, 4) is 0 Å². The summed E-state index contributed by atoms with van der Waals surface area (Å²) in [5.41, 5.74) is 0.541. The summed E-state index contributed by atoms with van der Waals surface area (Å²) < 4.78 is 10.7. The van der Waals surface area contributed by atoms with Gasteiger partial charge in [-0.2, -0.15) is 0 Å². The molecule has 1 amide bonds. The summed E-state index contributed by atoms with van der Waals surface area (Å²) in [4.78, 5) is 39.1. The van der Waals surface area contributed by atoms with Gasteiger partial charge < -0.3 is 19.7 Å². The Morgan fingerprint density at radius 1 is 1.03 bits per heavy atom. The smallest absolute Gasteiger partial charge is 0.308 e. The van der Waals surface area contributed by atoms with E-state index in [1.54, 1.807) is 25.7 Å². The second-order valence-corrected chi connectivity index (χ2v) is 9.50. The molecule has 2 rings (SSSR count). The lowest BCUT2D eigenvalue weighted by atomic mass is 10.0. The molecule has 1 N–H and O–H groups in total. The molecule has 1 aliphatic rings. The van der Waals surface area contributed by atoms with Gasteiger partial charge in [0.25, 0.3) is 0 Å². The van der Waals surface area contributed by atoms with Crippen molar-refractivity contribution in [1.82, 2.24) is 5.32 Å². The van der Waals surface area contributed by atoms with Crippen LogP contribution >= 0.6 is 0 Å². The largest absolute Gasteiger partial charge is 0.460 e. The minimum atomic E-state index is -0.632. The number of nitrogens with zero attached hydrogens (tertiary/aromatic N) is 1. The van der Waals surface area contributed by atoms with E-state index in [0.717, 1.165) is 11.3 Å². The van der Waals surface area contributed by atoms with Crippen LogP contribution in [0.5, 0.6) is 0 Å². The number of esters is 2. The molecule has 166 valence electrons. The van der Waals surface area contributed by atoms with E-state index in [9.17, 15) is 14.4 Å². The van der Waals surface area contributed by atoms with Gasteiger partial charge in [0.2, 0.25) is 5.91 Å². The molecule has 1 aromatic rings. The van der Waals surface area contributed by atoms with Crippen molar-refractivity contribution in [2.24, 2.45) is 0 Å². The fourth-order valence-corrected chi connectivity index (χ4v) is 3.30. The molecule has 1 saturated heterocycles. The van der Waals surface area contributed by atoms with Gasteiger partial charge in [-0.1, -0.05) is 18.2 Å². The van der Waals surface area contributed by atoms with Gasteiger partial charge in [0.05, 0.1) is 12.5 Å². The molecule has 1 heterocycles. The molecule has 1 aliphatic heterocycles. The summed E-state index contributed by atoms with van der Waals surface area (Å²) >= 11 is 0. The van der Waals surface area contributed by atoms with E-state index in [2.05, 4.69) is 5.32 Å². The van der Waals surface area contributed by atoms with Crippen molar-refractivity contribution in [1.29, 1.82) is 0 Å². The summed E-state index contributed by atoms with van der Waals surface area (Å²) in [6, 6.07) is 6.91. The Labute approximate surface area is 179 Å². The van der Waals surface area contributed by atoms with Crippen LogP contribution in [0.4, 0.5) is 5.69 Å². The maximum Gasteiger partial charge on any atom is 0.308 e. The number of hydrogen-bond donors (Lipinski definition) is 1. The predicted molar refractivity (Wildman–Crippen MR) is 115 cm³/mol. The lowest BCUT2D eigenvalue weighted by Crippen LogP contribution is -2.56. The van der Waals surface area contributed by atoms with E-state index < -0.39 is 23.2 Å². The average molecular weight is 419 g/mol. The van der Waals surface area contributed by atoms with Crippen LogP contribution in [0, 0.1) is 0 Å². The lowest BCUT2D eigenvalue weighted by Gasteiger charge is -2.34. The zero-order valence-electron chi connectivity index (χ0n) is 18.9. The van der Waals surface area contributed by atoms with E-state index in [1.165, 1.54) is 0 Å². The number of para-hydroxylation sites is 1. The van der Waals surface area contributed by atoms with Gasteiger partial charge in [-0.05, 0) is 59.6 Å². The molecule has 1 aromatic carbocycles. The van der Waals surface area contributed by atoms with Crippen molar-refractivity contribution in [2.75, 3.05) is 18.0 Å². The number of ether oxygens (including phenoxy) is 2. The average Bonchev–Trinajstić information content (AvgIpc) is 2.59. The number of carbonyl (C=O) groups is 3. The van der Waals surface area contributed by atoms with Gasteiger partial charge in [-0.15, -0.1) is 0 Å². The number of hydrogen-bond acceptors (Lipinski definition) is 6. The van der Waals surface area contributed by atoms with E-state index in [4.69, 9.17) is 9.47 Å². The first-order valence-electron chi connectivity index (χ1n) is 10.4. The molecule has 0 spiro atoms. The molecule has 0 bridgehead atoms. The number of piperazine rings is 1. The number of carbonyl (C=O) groups excluding carboxylic acids is 3. The van der Waals surface area contributed by atoms with Crippen LogP contribution in [0.1, 0.15) is 59.9 Å². The number of nitrogens with one attached hydrogen (secondary N) is 1. The predicted octanol–water partition coefficient (Wildman–Crippen LogP) is 3.00. The van der Waals surface area contributed by atoms with Gasteiger partial charge in [0.1, 0.15) is 11.2 Å². The second kappa shape index (κ2) is 9.60. The minimum absolute atomic E-state index is 0.0212. The molecule has 30 heavy (non-hydrogen) atoms. The summed E-state index contributed by atoms with van der Waals surface area (Å²) in [6.07, 6.45) is 0.682. The fourth-order valence-electron chi connectivity index (χ4n) is 3.30. The first kappa shape index (κ1) is 23.9. The van der Waals surface area contributed by atoms with Crippen LogP contribution in [0.3, 0.4) is 0 Å². The van der Waals surface area contributed by atoms with Gasteiger partial charge in [0, 0.05) is 25.2 Å². The van der Waals surface area contributed by atoms with Crippen molar-refractivity contribution in [3.05, 3.63) is 29.8 Å². The Hall–Kier alpha value is -2.41. The van der Waals surface area contributed by atoms with Gasteiger partial charge in [-0.3, -0.25) is 14.4 Å². The SMILES string of the molecule is CC(C)(C)OC(=O)CCc1ccccc1N1CCNC(CC(=O)OC(C)(C)C)C1=O. The van der Waals surface area contributed by atoms with Crippen LogP contribution in [-0.4, -0.2) is 48.2 Å². The number of rotatable bonds is 6. The first-order valence-corrected chi connectivity index (χ1v) is 10.4. The molecule has 0 radical (unpaired) electrons. The Morgan fingerprint density at radius 3 is 2.27 bits per heavy atom. The van der Waals surface area contributed by atoms with Crippen LogP contribution in [0.25, 0.3) is 0 Å². The monoisotopic (exact) mass is 418 g/mol. The van der Waals surface area contributed by atoms with Gasteiger partial charge in [-0.25, -0.2) is 0 Å². The summed E-state index contributed by atoms with van der Waals surface area (Å²) in [7, 11) is 0. The first-order chi connectivity index (χ1) is 13.9. The molecule has 7 heteroatoms. The highest BCUT2D eigenvalue weighted by atomic mass is 16.6. The Morgan fingerprint density at radius 2 is 1.63 bits per heavy atom. The van der Waals surface area contributed by atoms with Crippen molar-refractivity contribution in [2.45, 2.75) is 78.0 Å². The highest BCUT2D eigenvalue weighted by Gasteiger charge is 2.33. The number of anilines is 1. The maximum absolute atomic E-state index is 13.1. The van der Waals surface area contributed by atoms with E-state index >= 15 is 0 Å². The topological polar surface area (TPSA) is 84.9 Å². The standard InChI is InChI=1S/C23H34N2O5/c1-22(2,3)29-19(26)12-11-16-9-7-8-10-18(16)25-14-13-24-17(21(25)28)15-20(27)30-23(4,5)6/h7-10,17,24H,11-15H2,1-6H3. The van der Waals surface area contributed by atoms with Crippen molar-refractivity contribution >= 4 is 23.5 Å². The van der Waals surface area contributed by atoms with Crippen LogP contribution in [0.2, 0.25) is 0 Å².